The number of rotatable bonds is 3. The number of piperidine rings is 1. The SMILES string of the molecule is O=C1NCN(c2ccccc2)C12CCN(Cc1cccnc1Br)CC2. The highest BCUT2D eigenvalue weighted by atomic mass is 79.9. The monoisotopic (exact) mass is 400 g/mol. The maximum absolute atomic E-state index is 12.7. The summed E-state index contributed by atoms with van der Waals surface area (Å²) in [6.07, 6.45) is 3.47. The van der Waals surface area contributed by atoms with Crippen LogP contribution in [-0.2, 0) is 11.3 Å². The van der Waals surface area contributed by atoms with E-state index in [9.17, 15) is 4.79 Å². The standard InChI is InChI=1S/C19H21BrN4O/c20-17-15(5-4-10-21-17)13-23-11-8-19(9-12-23)18(25)22-14-24(19)16-6-2-1-3-7-16/h1-7,10H,8-9,11-14H2,(H,22,25). The molecule has 5 nitrogen and oxygen atoms in total. The summed E-state index contributed by atoms with van der Waals surface area (Å²) in [4.78, 5) is 21.6. The number of para-hydroxylation sites is 1. The number of likely N-dealkylation sites (tertiary alicyclic amines) is 1. The van der Waals surface area contributed by atoms with E-state index in [1.165, 1.54) is 5.56 Å². The Kier molecular flexibility index (Phi) is 4.48. The minimum Gasteiger partial charge on any atom is -0.339 e. The topological polar surface area (TPSA) is 48.5 Å². The third-order valence-corrected chi connectivity index (χ3v) is 6.03. The third-order valence-electron chi connectivity index (χ3n) is 5.32. The van der Waals surface area contributed by atoms with Crippen LogP contribution in [0.1, 0.15) is 18.4 Å². The van der Waals surface area contributed by atoms with Crippen LogP contribution in [0.2, 0.25) is 0 Å². The molecule has 1 amide bonds. The van der Waals surface area contributed by atoms with E-state index in [2.05, 4.69) is 54.2 Å². The van der Waals surface area contributed by atoms with Crippen LogP contribution < -0.4 is 10.2 Å². The first kappa shape index (κ1) is 16.5. The van der Waals surface area contributed by atoms with E-state index in [1.54, 1.807) is 6.20 Å². The summed E-state index contributed by atoms with van der Waals surface area (Å²) in [5, 5.41) is 3.05. The predicted octanol–water partition coefficient (Wildman–Crippen LogP) is 2.77. The normalized spacial score (nSPS) is 20.0. The van der Waals surface area contributed by atoms with E-state index in [-0.39, 0.29) is 5.91 Å². The maximum Gasteiger partial charge on any atom is 0.247 e. The van der Waals surface area contributed by atoms with Crippen molar-refractivity contribution in [2.45, 2.75) is 24.9 Å². The zero-order valence-electron chi connectivity index (χ0n) is 14.0. The molecule has 0 unspecified atom stereocenters. The number of nitrogens with one attached hydrogen (secondary N) is 1. The zero-order chi connectivity index (χ0) is 17.3. The number of anilines is 1. The Labute approximate surface area is 156 Å². The molecule has 1 spiro atoms. The van der Waals surface area contributed by atoms with Crippen LogP contribution in [0, 0.1) is 0 Å². The fourth-order valence-electron chi connectivity index (χ4n) is 3.89. The lowest BCUT2D eigenvalue weighted by Crippen LogP contribution is -2.56. The van der Waals surface area contributed by atoms with Crippen molar-refractivity contribution in [3.63, 3.8) is 0 Å². The van der Waals surface area contributed by atoms with E-state index < -0.39 is 5.54 Å². The number of hydrogen-bond donors (Lipinski definition) is 1. The highest BCUT2D eigenvalue weighted by molar-refractivity contribution is 9.10. The Morgan fingerprint density at radius 2 is 1.88 bits per heavy atom. The molecule has 4 rings (SSSR count). The first-order chi connectivity index (χ1) is 12.2. The minimum absolute atomic E-state index is 0.165. The summed E-state index contributed by atoms with van der Waals surface area (Å²) < 4.78 is 0.903. The van der Waals surface area contributed by atoms with Crippen molar-refractivity contribution < 1.29 is 4.79 Å². The van der Waals surface area contributed by atoms with Gasteiger partial charge in [0.15, 0.2) is 0 Å². The van der Waals surface area contributed by atoms with Crippen LogP contribution >= 0.6 is 15.9 Å². The molecule has 130 valence electrons. The summed E-state index contributed by atoms with van der Waals surface area (Å²) in [6.45, 7) is 3.25. The van der Waals surface area contributed by atoms with Crippen LogP contribution in [0.3, 0.4) is 0 Å². The third kappa shape index (κ3) is 3.04. The molecule has 0 atom stereocenters. The van der Waals surface area contributed by atoms with Gasteiger partial charge in [-0.1, -0.05) is 24.3 Å². The van der Waals surface area contributed by atoms with Crippen molar-refractivity contribution in [1.29, 1.82) is 0 Å². The molecule has 2 aliphatic heterocycles. The molecule has 2 aromatic rings. The number of halogens is 1. The Hall–Kier alpha value is -1.92. The predicted molar refractivity (Wildman–Crippen MR) is 101 cm³/mol. The van der Waals surface area contributed by atoms with Crippen LogP contribution in [-0.4, -0.2) is 41.1 Å². The highest BCUT2D eigenvalue weighted by Crippen LogP contribution is 2.36. The smallest absolute Gasteiger partial charge is 0.247 e. The number of hydrogen-bond acceptors (Lipinski definition) is 4. The molecule has 3 heterocycles. The van der Waals surface area contributed by atoms with Gasteiger partial charge in [0.25, 0.3) is 0 Å². The lowest BCUT2D eigenvalue weighted by Gasteiger charge is -2.43. The number of pyridine rings is 1. The Bertz CT molecular complexity index is 759. The molecular formula is C19H21BrN4O. The largest absolute Gasteiger partial charge is 0.339 e. The average molecular weight is 401 g/mol. The van der Waals surface area contributed by atoms with E-state index in [0.29, 0.717) is 6.67 Å². The molecule has 2 saturated heterocycles. The van der Waals surface area contributed by atoms with Crippen molar-refractivity contribution in [2.75, 3.05) is 24.7 Å². The molecule has 1 aromatic heterocycles. The maximum atomic E-state index is 12.7. The number of nitrogens with zero attached hydrogens (tertiary/aromatic N) is 3. The molecule has 6 heteroatoms. The van der Waals surface area contributed by atoms with Crippen LogP contribution in [0.5, 0.6) is 0 Å². The molecule has 0 bridgehead atoms. The van der Waals surface area contributed by atoms with Gasteiger partial charge in [-0.3, -0.25) is 9.69 Å². The number of carbonyl (C=O) groups is 1. The van der Waals surface area contributed by atoms with Gasteiger partial charge < -0.3 is 10.2 Å². The molecule has 2 fully saturated rings. The second kappa shape index (κ2) is 6.77. The van der Waals surface area contributed by atoms with Crippen LogP contribution in [0.15, 0.2) is 53.3 Å². The van der Waals surface area contributed by atoms with Crippen molar-refractivity contribution in [3.05, 3.63) is 58.8 Å². The number of aromatic nitrogens is 1. The molecule has 0 aliphatic carbocycles. The van der Waals surface area contributed by atoms with Gasteiger partial charge in [0.1, 0.15) is 10.1 Å². The summed E-state index contributed by atoms with van der Waals surface area (Å²) >= 11 is 3.52. The summed E-state index contributed by atoms with van der Waals surface area (Å²) in [6, 6.07) is 14.3. The molecule has 1 aromatic carbocycles. The average Bonchev–Trinajstić information content (AvgIpc) is 2.96. The summed E-state index contributed by atoms with van der Waals surface area (Å²) in [7, 11) is 0. The first-order valence-corrected chi connectivity index (χ1v) is 9.41. The Balaban J connectivity index is 1.49. The van der Waals surface area contributed by atoms with Crippen molar-refractivity contribution in [1.82, 2.24) is 15.2 Å². The van der Waals surface area contributed by atoms with Gasteiger partial charge in [-0.05, 0) is 52.5 Å². The molecular weight excluding hydrogens is 380 g/mol. The zero-order valence-corrected chi connectivity index (χ0v) is 15.6. The van der Waals surface area contributed by atoms with Gasteiger partial charge in [-0.15, -0.1) is 0 Å². The van der Waals surface area contributed by atoms with Gasteiger partial charge in [0.05, 0.1) is 6.67 Å². The van der Waals surface area contributed by atoms with Crippen molar-refractivity contribution >= 4 is 27.5 Å². The van der Waals surface area contributed by atoms with Crippen molar-refractivity contribution in [2.24, 2.45) is 0 Å². The molecule has 1 N–H and O–H groups in total. The van der Waals surface area contributed by atoms with Gasteiger partial charge in [0.2, 0.25) is 5.91 Å². The van der Waals surface area contributed by atoms with Gasteiger partial charge in [0, 0.05) is 31.5 Å². The lowest BCUT2D eigenvalue weighted by molar-refractivity contribution is -0.125. The van der Waals surface area contributed by atoms with E-state index in [4.69, 9.17) is 0 Å². The van der Waals surface area contributed by atoms with Crippen LogP contribution in [0.25, 0.3) is 0 Å². The van der Waals surface area contributed by atoms with Gasteiger partial charge in [-0.2, -0.15) is 0 Å². The summed E-state index contributed by atoms with van der Waals surface area (Å²) in [5.41, 5.74) is 1.89. The second-order valence-electron chi connectivity index (χ2n) is 6.69. The first-order valence-electron chi connectivity index (χ1n) is 8.62. The molecule has 25 heavy (non-hydrogen) atoms. The minimum atomic E-state index is -0.413. The Morgan fingerprint density at radius 1 is 1.12 bits per heavy atom. The molecule has 0 radical (unpaired) electrons. The number of amides is 1. The van der Waals surface area contributed by atoms with Crippen LogP contribution in [0.4, 0.5) is 5.69 Å². The number of carbonyl (C=O) groups excluding carboxylic acids is 1. The van der Waals surface area contributed by atoms with Crippen molar-refractivity contribution in [3.8, 4) is 0 Å². The quantitative estimate of drug-likeness (QED) is 0.804. The highest BCUT2D eigenvalue weighted by Gasteiger charge is 2.50. The van der Waals surface area contributed by atoms with E-state index in [0.717, 1.165) is 42.8 Å². The van der Waals surface area contributed by atoms with E-state index in [1.807, 2.05) is 24.3 Å². The van der Waals surface area contributed by atoms with Gasteiger partial charge >= 0.3 is 0 Å². The van der Waals surface area contributed by atoms with E-state index >= 15 is 0 Å². The number of benzene rings is 1. The Morgan fingerprint density at radius 3 is 2.60 bits per heavy atom. The van der Waals surface area contributed by atoms with Gasteiger partial charge in [-0.25, -0.2) is 4.98 Å². The summed E-state index contributed by atoms with van der Waals surface area (Å²) in [5.74, 6) is 0.165. The molecule has 0 saturated carbocycles. The second-order valence-corrected chi connectivity index (χ2v) is 7.44. The lowest BCUT2D eigenvalue weighted by atomic mass is 9.85. The fourth-order valence-corrected chi connectivity index (χ4v) is 4.27. The molecule has 2 aliphatic rings. The fraction of sp³-hybridized carbons (Fsp3) is 0.368.